The summed E-state index contributed by atoms with van der Waals surface area (Å²) in [5.41, 5.74) is 0.0474. The maximum atomic E-state index is 12.8. The maximum Gasteiger partial charge on any atom is 0.317 e. The molecule has 1 aliphatic carbocycles. The van der Waals surface area contributed by atoms with Crippen molar-refractivity contribution < 1.29 is 14.3 Å². The van der Waals surface area contributed by atoms with Crippen LogP contribution in [0.5, 0.6) is 0 Å². The van der Waals surface area contributed by atoms with E-state index in [4.69, 9.17) is 9.47 Å². The summed E-state index contributed by atoms with van der Waals surface area (Å²) in [6.45, 7) is 12.8. The molecular formula is C18H31N3O3. The number of morpholine rings is 1. The Morgan fingerprint density at radius 3 is 2.67 bits per heavy atom. The SMILES string of the molecule is CC1CN(C(=O)NC2C3CCOC3C2(C)C)CC1N1CCOCC1. The number of carbonyl (C=O) groups is 1. The summed E-state index contributed by atoms with van der Waals surface area (Å²) in [4.78, 5) is 17.3. The first kappa shape index (κ1) is 16.6. The summed E-state index contributed by atoms with van der Waals surface area (Å²) < 4.78 is 11.3. The smallest absolute Gasteiger partial charge is 0.317 e. The van der Waals surface area contributed by atoms with E-state index in [0.717, 1.165) is 52.4 Å². The van der Waals surface area contributed by atoms with Gasteiger partial charge in [-0.15, -0.1) is 0 Å². The summed E-state index contributed by atoms with van der Waals surface area (Å²) in [7, 11) is 0. The molecule has 1 N–H and O–H groups in total. The second kappa shape index (κ2) is 6.15. The molecule has 0 spiro atoms. The van der Waals surface area contributed by atoms with Crippen molar-refractivity contribution in [1.82, 2.24) is 15.1 Å². The van der Waals surface area contributed by atoms with Crippen molar-refractivity contribution in [3.05, 3.63) is 0 Å². The fourth-order valence-electron chi connectivity index (χ4n) is 5.34. The predicted molar refractivity (Wildman–Crippen MR) is 90.9 cm³/mol. The molecule has 0 radical (unpaired) electrons. The molecule has 3 aliphatic heterocycles. The number of amides is 2. The third-order valence-corrected chi connectivity index (χ3v) is 6.75. The molecule has 5 unspecified atom stereocenters. The average Bonchev–Trinajstić information content (AvgIpc) is 3.18. The fourth-order valence-corrected chi connectivity index (χ4v) is 5.34. The van der Waals surface area contributed by atoms with E-state index in [-0.39, 0.29) is 17.5 Å². The van der Waals surface area contributed by atoms with Gasteiger partial charge in [0.05, 0.1) is 19.3 Å². The van der Waals surface area contributed by atoms with Crippen molar-refractivity contribution in [1.29, 1.82) is 0 Å². The van der Waals surface area contributed by atoms with Crippen LogP contribution in [0.3, 0.4) is 0 Å². The Morgan fingerprint density at radius 1 is 1.17 bits per heavy atom. The molecule has 3 heterocycles. The van der Waals surface area contributed by atoms with Crippen LogP contribution >= 0.6 is 0 Å². The number of nitrogens with zero attached hydrogens (tertiary/aromatic N) is 2. The number of carbonyl (C=O) groups excluding carboxylic acids is 1. The first-order valence-electron chi connectivity index (χ1n) is 9.47. The summed E-state index contributed by atoms with van der Waals surface area (Å²) in [6, 6.07) is 0.827. The molecule has 5 atom stereocenters. The van der Waals surface area contributed by atoms with E-state index in [1.54, 1.807) is 0 Å². The Bertz CT molecular complexity index is 492. The summed E-state index contributed by atoms with van der Waals surface area (Å²) in [6.07, 6.45) is 1.40. The predicted octanol–water partition coefficient (Wildman–Crippen LogP) is 1.16. The van der Waals surface area contributed by atoms with Crippen molar-refractivity contribution >= 4 is 6.03 Å². The van der Waals surface area contributed by atoms with Gasteiger partial charge < -0.3 is 19.7 Å². The highest BCUT2D eigenvalue weighted by molar-refractivity contribution is 5.75. The third kappa shape index (κ3) is 2.63. The molecule has 136 valence electrons. The van der Waals surface area contributed by atoms with Crippen LogP contribution in [0.1, 0.15) is 27.2 Å². The molecule has 6 heteroatoms. The molecular weight excluding hydrogens is 306 g/mol. The lowest BCUT2D eigenvalue weighted by atomic mass is 9.57. The molecule has 3 saturated heterocycles. The van der Waals surface area contributed by atoms with Crippen LogP contribution in [-0.4, -0.2) is 80.0 Å². The Balaban J connectivity index is 1.35. The summed E-state index contributed by atoms with van der Waals surface area (Å²) >= 11 is 0. The Morgan fingerprint density at radius 2 is 1.92 bits per heavy atom. The summed E-state index contributed by atoms with van der Waals surface area (Å²) in [5, 5.41) is 3.33. The molecule has 4 fully saturated rings. The molecule has 2 amide bonds. The van der Waals surface area contributed by atoms with Gasteiger partial charge >= 0.3 is 6.03 Å². The zero-order valence-corrected chi connectivity index (χ0v) is 15.2. The van der Waals surface area contributed by atoms with Crippen LogP contribution in [0, 0.1) is 17.3 Å². The number of rotatable bonds is 2. The molecule has 0 bridgehead atoms. The minimum absolute atomic E-state index is 0.0474. The van der Waals surface area contributed by atoms with Gasteiger partial charge in [-0.25, -0.2) is 4.79 Å². The minimum Gasteiger partial charge on any atom is -0.379 e. The Kier molecular flexibility index (Phi) is 4.25. The highest BCUT2D eigenvalue weighted by Crippen LogP contribution is 2.52. The van der Waals surface area contributed by atoms with E-state index < -0.39 is 0 Å². The van der Waals surface area contributed by atoms with Gasteiger partial charge in [-0.1, -0.05) is 20.8 Å². The number of hydrogen-bond acceptors (Lipinski definition) is 4. The van der Waals surface area contributed by atoms with E-state index >= 15 is 0 Å². The van der Waals surface area contributed by atoms with E-state index in [9.17, 15) is 4.79 Å². The number of likely N-dealkylation sites (tertiary alicyclic amines) is 1. The van der Waals surface area contributed by atoms with Crippen molar-refractivity contribution in [3.8, 4) is 0 Å². The Hall–Kier alpha value is -0.850. The van der Waals surface area contributed by atoms with Gasteiger partial charge in [-0.3, -0.25) is 4.90 Å². The number of urea groups is 1. The number of hydrogen-bond donors (Lipinski definition) is 1. The van der Waals surface area contributed by atoms with Crippen LogP contribution in [0.15, 0.2) is 0 Å². The van der Waals surface area contributed by atoms with Crippen LogP contribution in [0.2, 0.25) is 0 Å². The molecule has 24 heavy (non-hydrogen) atoms. The van der Waals surface area contributed by atoms with E-state index in [1.807, 2.05) is 4.90 Å². The quantitative estimate of drug-likeness (QED) is 0.822. The number of ether oxygens (including phenoxy) is 2. The topological polar surface area (TPSA) is 54.0 Å². The van der Waals surface area contributed by atoms with Crippen molar-refractivity contribution in [3.63, 3.8) is 0 Å². The lowest BCUT2D eigenvalue weighted by Crippen LogP contribution is -2.67. The van der Waals surface area contributed by atoms with E-state index in [1.165, 1.54) is 0 Å². The van der Waals surface area contributed by atoms with Crippen LogP contribution < -0.4 is 5.32 Å². The van der Waals surface area contributed by atoms with Gasteiger partial charge in [0, 0.05) is 56.2 Å². The van der Waals surface area contributed by atoms with Crippen molar-refractivity contribution in [2.75, 3.05) is 46.0 Å². The zero-order chi connectivity index (χ0) is 16.9. The Labute approximate surface area is 144 Å². The first-order chi connectivity index (χ1) is 11.5. The first-order valence-corrected chi connectivity index (χ1v) is 9.47. The van der Waals surface area contributed by atoms with E-state index in [2.05, 4.69) is 31.0 Å². The summed E-state index contributed by atoms with van der Waals surface area (Å²) in [5.74, 6) is 1.02. The molecule has 4 aliphatic rings. The molecule has 6 nitrogen and oxygen atoms in total. The molecule has 0 aromatic carbocycles. The fraction of sp³-hybridized carbons (Fsp3) is 0.944. The second-order valence-corrected chi connectivity index (χ2v) is 8.59. The average molecular weight is 337 g/mol. The monoisotopic (exact) mass is 337 g/mol. The van der Waals surface area contributed by atoms with Crippen LogP contribution in [-0.2, 0) is 9.47 Å². The van der Waals surface area contributed by atoms with Gasteiger partial charge in [0.15, 0.2) is 0 Å². The normalized spacial score (nSPS) is 41.8. The molecule has 1 saturated carbocycles. The van der Waals surface area contributed by atoms with Crippen LogP contribution in [0.4, 0.5) is 4.79 Å². The number of nitrogens with one attached hydrogen (secondary N) is 1. The lowest BCUT2D eigenvalue weighted by Gasteiger charge is -2.54. The molecule has 0 aromatic rings. The van der Waals surface area contributed by atoms with Gasteiger partial charge in [-0.05, 0) is 12.3 Å². The second-order valence-electron chi connectivity index (χ2n) is 8.59. The largest absolute Gasteiger partial charge is 0.379 e. The molecule has 0 aromatic heterocycles. The van der Waals surface area contributed by atoms with Gasteiger partial charge in [-0.2, -0.15) is 0 Å². The highest BCUT2D eigenvalue weighted by atomic mass is 16.5. The van der Waals surface area contributed by atoms with Crippen molar-refractivity contribution in [2.24, 2.45) is 17.3 Å². The van der Waals surface area contributed by atoms with Crippen molar-refractivity contribution in [2.45, 2.75) is 45.4 Å². The highest BCUT2D eigenvalue weighted by Gasteiger charge is 2.60. The van der Waals surface area contributed by atoms with Gasteiger partial charge in [0.1, 0.15) is 0 Å². The van der Waals surface area contributed by atoms with E-state index in [0.29, 0.717) is 24.0 Å². The molecule has 4 rings (SSSR count). The third-order valence-electron chi connectivity index (χ3n) is 6.75. The van der Waals surface area contributed by atoms with Gasteiger partial charge in [0.25, 0.3) is 0 Å². The minimum atomic E-state index is 0.0474. The zero-order valence-electron chi connectivity index (χ0n) is 15.2. The maximum absolute atomic E-state index is 12.8. The number of fused-ring (bicyclic) bond motifs is 1. The lowest BCUT2D eigenvalue weighted by molar-refractivity contribution is -0.109. The van der Waals surface area contributed by atoms with Crippen LogP contribution in [0.25, 0.3) is 0 Å². The standard InChI is InChI=1S/C18H31N3O3/c1-12-10-21(11-14(12)20-5-8-23-9-6-20)17(22)19-15-13-4-7-24-16(13)18(15,2)3/h12-16H,4-11H2,1-3H3,(H,19,22). The van der Waals surface area contributed by atoms with Gasteiger partial charge in [0.2, 0.25) is 0 Å².